The van der Waals surface area contributed by atoms with Gasteiger partial charge in [0, 0.05) is 13.0 Å². The Morgan fingerprint density at radius 2 is 1.66 bits per heavy atom. The molecule has 4 rings (SSSR count). The van der Waals surface area contributed by atoms with E-state index in [2.05, 4.69) is 0 Å². The Morgan fingerprint density at radius 1 is 1.03 bits per heavy atom. The highest BCUT2D eigenvalue weighted by molar-refractivity contribution is 6.21. The van der Waals surface area contributed by atoms with Crippen molar-refractivity contribution in [1.82, 2.24) is 4.90 Å². The quantitative estimate of drug-likeness (QED) is 0.578. The van der Waals surface area contributed by atoms with Crippen LogP contribution in [0.25, 0.3) is 0 Å². The Kier molecular flexibility index (Phi) is 4.75. The van der Waals surface area contributed by atoms with E-state index in [1.807, 2.05) is 0 Å². The van der Waals surface area contributed by atoms with Crippen molar-refractivity contribution in [1.29, 1.82) is 0 Å². The average molecular weight is 394 g/mol. The van der Waals surface area contributed by atoms with E-state index in [0.717, 1.165) is 4.90 Å². The smallest absolute Gasteiger partial charge is 0.348 e. The van der Waals surface area contributed by atoms with Gasteiger partial charge in [-0.05, 0) is 24.3 Å². The summed E-state index contributed by atoms with van der Waals surface area (Å²) < 4.78 is 10.4. The molecule has 2 aromatic carbocycles. The molecule has 2 aliphatic heterocycles. The fraction of sp³-hybridized carbons (Fsp3) is 0.238. The zero-order valence-electron chi connectivity index (χ0n) is 15.7. The van der Waals surface area contributed by atoms with Gasteiger partial charge in [-0.3, -0.25) is 19.3 Å². The number of ether oxygens (including phenoxy) is 2. The van der Waals surface area contributed by atoms with E-state index in [0.29, 0.717) is 22.6 Å². The number of carbonyl (C=O) groups is 4. The van der Waals surface area contributed by atoms with Crippen LogP contribution in [0.15, 0.2) is 48.5 Å². The zero-order chi connectivity index (χ0) is 20.5. The lowest BCUT2D eigenvalue weighted by Gasteiger charge is -2.33. The van der Waals surface area contributed by atoms with Gasteiger partial charge in [0.2, 0.25) is 12.0 Å². The molecule has 2 heterocycles. The van der Waals surface area contributed by atoms with Crippen molar-refractivity contribution < 1.29 is 28.7 Å². The second-order valence-electron chi connectivity index (χ2n) is 6.66. The minimum absolute atomic E-state index is 0.00929. The molecule has 0 spiro atoms. The number of anilines is 1. The number of hydrogen-bond donors (Lipinski definition) is 0. The maximum absolute atomic E-state index is 12.9. The number of amides is 3. The highest BCUT2D eigenvalue weighted by atomic mass is 16.6. The van der Waals surface area contributed by atoms with Crippen molar-refractivity contribution in [2.24, 2.45) is 0 Å². The number of rotatable bonds is 4. The summed E-state index contributed by atoms with van der Waals surface area (Å²) in [6.45, 7) is -0.0573. The molecule has 1 atom stereocenters. The summed E-state index contributed by atoms with van der Waals surface area (Å²) in [7, 11) is 1.25. The maximum Gasteiger partial charge on any atom is 0.348 e. The maximum atomic E-state index is 12.9. The normalized spacial score (nSPS) is 17.5. The predicted molar refractivity (Wildman–Crippen MR) is 102 cm³/mol. The van der Waals surface area contributed by atoms with Crippen LogP contribution < -0.4 is 9.64 Å². The SMILES string of the molecule is COC(=O)C1CN(C(=O)CCN2C(=O)c3ccccc3C2=O)c2ccccc2O1. The molecule has 2 aromatic rings. The monoisotopic (exact) mass is 394 g/mol. The second-order valence-corrected chi connectivity index (χ2v) is 6.66. The summed E-state index contributed by atoms with van der Waals surface area (Å²) in [6, 6.07) is 13.4. The van der Waals surface area contributed by atoms with Crippen molar-refractivity contribution in [2.75, 3.05) is 25.1 Å². The van der Waals surface area contributed by atoms with E-state index in [4.69, 9.17) is 9.47 Å². The molecule has 0 bridgehead atoms. The lowest BCUT2D eigenvalue weighted by molar-refractivity contribution is -0.148. The van der Waals surface area contributed by atoms with Crippen molar-refractivity contribution in [3.05, 3.63) is 59.7 Å². The molecular weight excluding hydrogens is 376 g/mol. The molecule has 1 unspecified atom stereocenters. The van der Waals surface area contributed by atoms with E-state index in [1.165, 1.54) is 12.0 Å². The van der Waals surface area contributed by atoms with Gasteiger partial charge in [-0.2, -0.15) is 0 Å². The lowest BCUT2D eigenvalue weighted by atomic mass is 10.1. The third-order valence-corrected chi connectivity index (χ3v) is 4.97. The van der Waals surface area contributed by atoms with Gasteiger partial charge in [-0.25, -0.2) is 4.79 Å². The van der Waals surface area contributed by atoms with Gasteiger partial charge < -0.3 is 14.4 Å². The third kappa shape index (κ3) is 3.22. The first-order valence-electron chi connectivity index (χ1n) is 9.10. The second kappa shape index (κ2) is 7.38. The highest BCUT2D eigenvalue weighted by Gasteiger charge is 2.37. The van der Waals surface area contributed by atoms with Crippen molar-refractivity contribution >= 4 is 29.4 Å². The average Bonchev–Trinajstić information content (AvgIpc) is 3.00. The van der Waals surface area contributed by atoms with Crippen LogP contribution >= 0.6 is 0 Å². The molecular formula is C21H18N2O6. The summed E-state index contributed by atoms with van der Waals surface area (Å²) in [5.41, 5.74) is 1.21. The van der Waals surface area contributed by atoms with Crippen molar-refractivity contribution in [2.45, 2.75) is 12.5 Å². The number of esters is 1. The van der Waals surface area contributed by atoms with Crippen LogP contribution in [0.3, 0.4) is 0 Å². The molecule has 0 fully saturated rings. The van der Waals surface area contributed by atoms with Gasteiger partial charge in [-0.1, -0.05) is 24.3 Å². The number of imide groups is 1. The Balaban J connectivity index is 1.51. The number of methoxy groups -OCH3 is 1. The summed E-state index contributed by atoms with van der Waals surface area (Å²) in [5.74, 6) is -1.34. The van der Waals surface area contributed by atoms with E-state index in [1.54, 1.807) is 48.5 Å². The fourth-order valence-corrected chi connectivity index (χ4v) is 3.51. The molecule has 0 N–H and O–H groups in total. The number of fused-ring (bicyclic) bond motifs is 2. The number of para-hydroxylation sites is 2. The molecule has 0 saturated carbocycles. The Morgan fingerprint density at radius 3 is 2.31 bits per heavy atom. The van der Waals surface area contributed by atoms with Gasteiger partial charge >= 0.3 is 5.97 Å². The summed E-state index contributed by atoms with van der Waals surface area (Å²) in [6.07, 6.45) is -1.02. The van der Waals surface area contributed by atoms with Crippen LogP contribution in [-0.2, 0) is 14.3 Å². The van der Waals surface area contributed by atoms with Gasteiger partial charge in [0.05, 0.1) is 30.5 Å². The first kappa shape index (κ1) is 18.7. The van der Waals surface area contributed by atoms with Gasteiger partial charge in [-0.15, -0.1) is 0 Å². The molecule has 148 valence electrons. The highest BCUT2D eigenvalue weighted by Crippen LogP contribution is 2.34. The predicted octanol–water partition coefficient (Wildman–Crippen LogP) is 1.64. The van der Waals surface area contributed by atoms with Crippen LogP contribution in [0, 0.1) is 0 Å². The van der Waals surface area contributed by atoms with E-state index < -0.39 is 23.9 Å². The van der Waals surface area contributed by atoms with Crippen LogP contribution in [0.5, 0.6) is 5.75 Å². The van der Waals surface area contributed by atoms with Crippen LogP contribution in [0.1, 0.15) is 27.1 Å². The van der Waals surface area contributed by atoms with Crippen LogP contribution in [-0.4, -0.2) is 54.9 Å². The molecule has 0 saturated heterocycles. The van der Waals surface area contributed by atoms with Crippen LogP contribution in [0.2, 0.25) is 0 Å². The molecule has 3 amide bonds. The summed E-state index contributed by atoms with van der Waals surface area (Å²) >= 11 is 0. The fourth-order valence-electron chi connectivity index (χ4n) is 3.51. The lowest BCUT2D eigenvalue weighted by Crippen LogP contribution is -2.48. The topological polar surface area (TPSA) is 93.2 Å². The van der Waals surface area contributed by atoms with Gasteiger partial charge in [0.15, 0.2) is 0 Å². The van der Waals surface area contributed by atoms with Crippen molar-refractivity contribution in [3.8, 4) is 5.75 Å². The third-order valence-electron chi connectivity index (χ3n) is 4.97. The minimum atomic E-state index is -0.946. The molecule has 8 nitrogen and oxygen atoms in total. The Labute approximate surface area is 166 Å². The van der Waals surface area contributed by atoms with Crippen LogP contribution in [0.4, 0.5) is 5.69 Å². The Hall–Kier alpha value is -3.68. The largest absolute Gasteiger partial charge is 0.475 e. The summed E-state index contributed by atoms with van der Waals surface area (Å²) in [5, 5.41) is 0. The molecule has 29 heavy (non-hydrogen) atoms. The van der Waals surface area contributed by atoms with Gasteiger partial charge in [0.25, 0.3) is 11.8 Å². The number of carbonyl (C=O) groups excluding carboxylic acids is 4. The standard InChI is InChI=1S/C21H18N2O6/c1-28-21(27)17-12-23(15-8-4-5-9-16(15)29-17)18(24)10-11-22-19(25)13-6-2-3-7-14(13)20(22)26/h2-9,17H,10-12H2,1H3. The van der Waals surface area contributed by atoms with E-state index >= 15 is 0 Å². The molecule has 0 aromatic heterocycles. The first-order valence-corrected chi connectivity index (χ1v) is 9.10. The first-order chi connectivity index (χ1) is 14.0. The van der Waals surface area contributed by atoms with E-state index in [9.17, 15) is 19.2 Å². The molecule has 8 heteroatoms. The number of benzene rings is 2. The van der Waals surface area contributed by atoms with E-state index in [-0.39, 0.29) is 25.4 Å². The summed E-state index contributed by atoms with van der Waals surface area (Å²) in [4.78, 5) is 52.3. The molecule has 0 radical (unpaired) electrons. The number of nitrogens with zero attached hydrogens (tertiary/aromatic N) is 2. The minimum Gasteiger partial charge on any atom is -0.475 e. The Bertz CT molecular complexity index is 983. The molecule has 0 aliphatic carbocycles. The van der Waals surface area contributed by atoms with Gasteiger partial charge in [0.1, 0.15) is 5.75 Å². The zero-order valence-corrected chi connectivity index (χ0v) is 15.7. The number of hydrogen-bond acceptors (Lipinski definition) is 6. The molecule has 2 aliphatic rings. The van der Waals surface area contributed by atoms with Crippen molar-refractivity contribution in [3.63, 3.8) is 0 Å².